The lowest BCUT2D eigenvalue weighted by molar-refractivity contribution is -0.158. The summed E-state index contributed by atoms with van der Waals surface area (Å²) < 4.78 is 44.9. The number of aromatic nitrogens is 2. The van der Waals surface area contributed by atoms with Crippen LogP contribution in [0.25, 0.3) is 0 Å². The third-order valence-electron chi connectivity index (χ3n) is 6.07. The normalized spacial score (nSPS) is 21.6. The molecule has 1 aromatic heterocycles. The van der Waals surface area contributed by atoms with E-state index in [2.05, 4.69) is 15.3 Å². The van der Waals surface area contributed by atoms with Crippen molar-refractivity contribution in [2.45, 2.75) is 56.0 Å². The Kier molecular flexibility index (Phi) is 7.01. The highest BCUT2D eigenvalue weighted by molar-refractivity contribution is 8.01. The second-order valence-electron chi connectivity index (χ2n) is 8.47. The number of halogens is 3. The molecule has 1 aromatic carbocycles. The van der Waals surface area contributed by atoms with Gasteiger partial charge in [-0.05, 0) is 37.5 Å². The SMILES string of the molecule is Cc1cccc(Nc2nccc(C(F)(F)F)n2)c1C1SC(OC(=O)C2CCCCC2)N(C)C1=O. The number of ether oxygens (including phenoxy) is 1. The Labute approximate surface area is 199 Å². The molecule has 2 unspecified atom stereocenters. The number of aryl methyl sites for hydroxylation is 1. The van der Waals surface area contributed by atoms with Crippen LogP contribution in [-0.4, -0.2) is 39.4 Å². The molecule has 2 fully saturated rings. The fraction of sp³-hybridized carbons (Fsp3) is 0.478. The van der Waals surface area contributed by atoms with Gasteiger partial charge in [0.1, 0.15) is 10.9 Å². The topological polar surface area (TPSA) is 84.4 Å². The molecule has 182 valence electrons. The predicted molar refractivity (Wildman–Crippen MR) is 121 cm³/mol. The standard InChI is InChI=1S/C23H25F3N4O3S/c1-13-7-6-10-15(28-21-27-12-11-16(29-21)23(24,25)26)17(13)18-19(31)30(2)22(34-18)33-20(32)14-8-4-3-5-9-14/h6-7,10-12,14,18,22H,3-5,8-9H2,1-2H3,(H,27,28,29). The summed E-state index contributed by atoms with van der Waals surface area (Å²) in [6, 6.07) is 5.98. The maximum Gasteiger partial charge on any atom is 0.433 e. The predicted octanol–water partition coefficient (Wildman–Crippen LogP) is 5.20. The summed E-state index contributed by atoms with van der Waals surface area (Å²) in [6.07, 6.45) is 1.10. The quantitative estimate of drug-likeness (QED) is 0.572. The second-order valence-corrected chi connectivity index (χ2v) is 9.62. The zero-order chi connectivity index (χ0) is 24.5. The number of carbonyl (C=O) groups excluding carboxylic acids is 2. The van der Waals surface area contributed by atoms with Gasteiger partial charge in [-0.3, -0.25) is 9.59 Å². The van der Waals surface area contributed by atoms with Crippen molar-refractivity contribution < 1.29 is 27.5 Å². The van der Waals surface area contributed by atoms with Crippen LogP contribution < -0.4 is 5.32 Å². The number of alkyl halides is 3. The van der Waals surface area contributed by atoms with Crippen molar-refractivity contribution in [1.82, 2.24) is 14.9 Å². The van der Waals surface area contributed by atoms with E-state index in [4.69, 9.17) is 4.74 Å². The Bertz CT molecular complexity index is 1080. The van der Waals surface area contributed by atoms with Crippen molar-refractivity contribution in [3.63, 3.8) is 0 Å². The van der Waals surface area contributed by atoms with Gasteiger partial charge in [0.2, 0.25) is 17.4 Å². The first-order valence-corrected chi connectivity index (χ1v) is 12.0. The highest BCUT2D eigenvalue weighted by atomic mass is 32.2. The van der Waals surface area contributed by atoms with Crippen LogP contribution in [-0.2, 0) is 20.5 Å². The number of amides is 1. The number of hydrogen-bond acceptors (Lipinski definition) is 7. The molecular weight excluding hydrogens is 469 g/mol. The van der Waals surface area contributed by atoms with Gasteiger partial charge in [-0.25, -0.2) is 9.97 Å². The van der Waals surface area contributed by atoms with Gasteiger partial charge in [0, 0.05) is 24.5 Å². The maximum atomic E-state index is 13.1. The van der Waals surface area contributed by atoms with Gasteiger partial charge in [0.05, 0.1) is 5.92 Å². The smallest absolute Gasteiger partial charge is 0.431 e. The van der Waals surface area contributed by atoms with Crippen LogP contribution in [0.5, 0.6) is 0 Å². The van der Waals surface area contributed by atoms with Crippen molar-refractivity contribution in [1.29, 1.82) is 0 Å². The number of esters is 1. The number of nitrogens with one attached hydrogen (secondary N) is 1. The highest BCUT2D eigenvalue weighted by Gasteiger charge is 2.43. The number of carbonyl (C=O) groups is 2. The Hall–Kier alpha value is -2.82. The number of nitrogens with zero attached hydrogens (tertiary/aromatic N) is 3. The van der Waals surface area contributed by atoms with E-state index in [1.54, 1.807) is 19.2 Å². The fourth-order valence-electron chi connectivity index (χ4n) is 4.22. The zero-order valence-corrected chi connectivity index (χ0v) is 19.6. The first-order valence-electron chi connectivity index (χ1n) is 11.0. The van der Waals surface area contributed by atoms with E-state index in [1.165, 1.54) is 16.7 Å². The molecule has 0 radical (unpaired) electrons. The first-order chi connectivity index (χ1) is 16.1. The molecule has 1 aliphatic heterocycles. The van der Waals surface area contributed by atoms with Gasteiger partial charge in [0.25, 0.3) is 0 Å². The molecule has 1 saturated heterocycles. The van der Waals surface area contributed by atoms with Crippen molar-refractivity contribution in [2.75, 3.05) is 12.4 Å². The lowest BCUT2D eigenvalue weighted by Crippen LogP contribution is -2.34. The van der Waals surface area contributed by atoms with E-state index in [-0.39, 0.29) is 23.7 Å². The van der Waals surface area contributed by atoms with E-state index in [1.807, 2.05) is 13.0 Å². The fourth-order valence-corrected chi connectivity index (χ4v) is 5.62. The molecule has 4 rings (SSSR count). The van der Waals surface area contributed by atoms with E-state index in [0.29, 0.717) is 11.3 Å². The number of benzene rings is 1. The van der Waals surface area contributed by atoms with Gasteiger partial charge in [-0.15, -0.1) is 0 Å². The molecule has 7 nitrogen and oxygen atoms in total. The largest absolute Gasteiger partial charge is 0.433 e. The second kappa shape index (κ2) is 9.81. The summed E-state index contributed by atoms with van der Waals surface area (Å²) in [5.74, 6) is -0.928. The highest BCUT2D eigenvalue weighted by Crippen LogP contribution is 2.46. The van der Waals surface area contributed by atoms with Crippen LogP contribution in [0.3, 0.4) is 0 Å². The van der Waals surface area contributed by atoms with Gasteiger partial charge >= 0.3 is 12.1 Å². The average molecular weight is 495 g/mol. The number of likely N-dealkylation sites (N-methyl/N-ethyl adjacent to an activating group) is 1. The van der Waals surface area contributed by atoms with Crippen molar-refractivity contribution in [3.05, 3.63) is 47.3 Å². The van der Waals surface area contributed by atoms with Crippen molar-refractivity contribution >= 4 is 35.3 Å². The summed E-state index contributed by atoms with van der Waals surface area (Å²) in [7, 11) is 1.58. The zero-order valence-electron chi connectivity index (χ0n) is 18.8. The lowest BCUT2D eigenvalue weighted by atomic mass is 9.89. The van der Waals surface area contributed by atoms with Crippen LogP contribution in [0.4, 0.5) is 24.8 Å². The molecule has 1 N–H and O–H groups in total. The molecule has 2 aromatic rings. The molecule has 1 aliphatic carbocycles. The number of rotatable bonds is 5. The molecule has 11 heteroatoms. The van der Waals surface area contributed by atoms with Crippen LogP contribution in [0.2, 0.25) is 0 Å². The van der Waals surface area contributed by atoms with E-state index in [9.17, 15) is 22.8 Å². The lowest BCUT2D eigenvalue weighted by Gasteiger charge is -2.24. The van der Waals surface area contributed by atoms with Crippen LogP contribution >= 0.6 is 11.8 Å². The molecule has 34 heavy (non-hydrogen) atoms. The third-order valence-corrected chi connectivity index (χ3v) is 7.43. The van der Waals surface area contributed by atoms with E-state index < -0.39 is 22.7 Å². The number of hydrogen-bond donors (Lipinski definition) is 1. The summed E-state index contributed by atoms with van der Waals surface area (Å²) >= 11 is 1.19. The molecule has 2 heterocycles. The summed E-state index contributed by atoms with van der Waals surface area (Å²) in [6.45, 7) is 1.81. The Morgan fingerprint density at radius 2 is 1.94 bits per heavy atom. The van der Waals surface area contributed by atoms with Crippen molar-refractivity contribution in [2.24, 2.45) is 5.92 Å². The van der Waals surface area contributed by atoms with Crippen LogP contribution in [0, 0.1) is 12.8 Å². The summed E-state index contributed by atoms with van der Waals surface area (Å²) in [5, 5.41) is 2.13. The minimum absolute atomic E-state index is 0.148. The average Bonchev–Trinajstić information content (AvgIpc) is 3.07. The van der Waals surface area contributed by atoms with Crippen LogP contribution in [0.15, 0.2) is 30.5 Å². The van der Waals surface area contributed by atoms with Crippen molar-refractivity contribution in [3.8, 4) is 0 Å². The third kappa shape index (κ3) is 5.13. The Balaban J connectivity index is 1.56. The maximum absolute atomic E-state index is 13.1. The molecular formula is C23H25F3N4O3S. The molecule has 0 spiro atoms. The molecule has 2 aliphatic rings. The van der Waals surface area contributed by atoms with Gasteiger partial charge in [-0.2, -0.15) is 13.2 Å². The van der Waals surface area contributed by atoms with Gasteiger partial charge in [-0.1, -0.05) is 43.2 Å². The molecule has 1 saturated carbocycles. The monoisotopic (exact) mass is 494 g/mol. The number of thioether (sulfide) groups is 1. The van der Waals surface area contributed by atoms with E-state index >= 15 is 0 Å². The molecule has 1 amide bonds. The Morgan fingerprint density at radius 1 is 1.21 bits per heavy atom. The summed E-state index contributed by atoms with van der Waals surface area (Å²) in [4.78, 5) is 34.6. The minimum atomic E-state index is -4.61. The number of anilines is 2. The van der Waals surface area contributed by atoms with Gasteiger partial charge in [0.15, 0.2) is 0 Å². The minimum Gasteiger partial charge on any atom is -0.431 e. The molecule has 0 bridgehead atoms. The summed E-state index contributed by atoms with van der Waals surface area (Å²) in [5.41, 5.74) is -0.0842. The van der Waals surface area contributed by atoms with E-state index in [0.717, 1.165) is 49.9 Å². The van der Waals surface area contributed by atoms with Gasteiger partial charge < -0.3 is 15.0 Å². The molecule has 2 atom stereocenters. The Morgan fingerprint density at radius 3 is 2.65 bits per heavy atom. The van der Waals surface area contributed by atoms with Crippen LogP contribution in [0.1, 0.15) is 54.2 Å². The first kappa shape index (κ1) is 24.3.